The summed E-state index contributed by atoms with van der Waals surface area (Å²) < 4.78 is 0. The molecule has 0 amide bonds. The molecular formula is C24H51N3O2. The Balaban J connectivity index is 2.99. The SMILES string of the molecule is CCCCCCCCCCCCCCCCCCNCCNCCNCC(=O)O. The van der Waals surface area contributed by atoms with Crippen molar-refractivity contribution in [3.05, 3.63) is 0 Å². The molecule has 0 radical (unpaired) electrons. The summed E-state index contributed by atoms with van der Waals surface area (Å²) in [6, 6.07) is 0. The van der Waals surface area contributed by atoms with Crippen molar-refractivity contribution in [1.82, 2.24) is 16.0 Å². The Labute approximate surface area is 181 Å². The van der Waals surface area contributed by atoms with E-state index in [9.17, 15) is 4.79 Å². The second kappa shape index (κ2) is 25.4. The lowest BCUT2D eigenvalue weighted by Crippen LogP contribution is -2.34. The van der Waals surface area contributed by atoms with Crippen LogP contribution in [0.1, 0.15) is 110 Å². The molecule has 0 saturated carbocycles. The molecule has 29 heavy (non-hydrogen) atoms. The predicted molar refractivity (Wildman–Crippen MR) is 126 cm³/mol. The highest BCUT2D eigenvalue weighted by molar-refractivity contribution is 5.68. The zero-order chi connectivity index (χ0) is 21.3. The fourth-order valence-corrected chi connectivity index (χ4v) is 3.60. The molecule has 0 spiro atoms. The molecule has 0 bridgehead atoms. The molecule has 0 atom stereocenters. The molecule has 0 unspecified atom stereocenters. The van der Waals surface area contributed by atoms with Crippen LogP contribution < -0.4 is 16.0 Å². The average molecular weight is 414 g/mol. The van der Waals surface area contributed by atoms with Gasteiger partial charge in [0.25, 0.3) is 0 Å². The van der Waals surface area contributed by atoms with Crippen molar-refractivity contribution in [1.29, 1.82) is 0 Å². The van der Waals surface area contributed by atoms with Crippen LogP contribution in [0.5, 0.6) is 0 Å². The molecule has 0 aliphatic heterocycles. The Bertz CT molecular complexity index is 327. The van der Waals surface area contributed by atoms with E-state index in [0.29, 0.717) is 6.54 Å². The Hall–Kier alpha value is -0.650. The second-order valence-electron chi connectivity index (χ2n) is 8.37. The van der Waals surface area contributed by atoms with Gasteiger partial charge in [0.2, 0.25) is 0 Å². The topological polar surface area (TPSA) is 73.4 Å². The zero-order valence-corrected chi connectivity index (χ0v) is 19.4. The van der Waals surface area contributed by atoms with E-state index in [4.69, 9.17) is 5.11 Å². The van der Waals surface area contributed by atoms with E-state index >= 15 is 0 Å². The monoisotopic (exact) mass is 413 g/mol. The van der Waals surface area contributed by atoms with E-state index in [1.165, 1.54) is 103 Å². The standard InChI is InChI=1S/C24H51N3O2/c1-2-3-4-5-6-7-8-9-10-11-12-13-14-15-16-17-18-25-19-20-26-21-22-27-23-24(28)29/h25-27H,2-23H2,1H3,(H,28,29). The van der Waals surface area contributed by atoms with Crippen LogP contribution in [-0.2, 0) is 4.79 Å². The highest BCUT2D eigenvalue weighted by Gasteiger charge is 1.96. The summed E-state index contributed by atoms with van der Waals surface area (Å²) in [5, 5.41) is 18.1. The lowest BCUT2D eigenvalue weighted by atomic mass is 10.0. The first-order chi connectivity index (χ1) is 14.3. The number of nitrogens with one attached hydrogen (secondary N) is 3. The van der Waals surface area contributed by atoms with Gasteiger partial charge in [-0.2, -0.15) is 0 Å². The van der Waals surface area contributed by atoms with Gasteiger partial charge < -0.3 is 21.1 Å². The minimum absolute atomic E-state index is 0.0409. The number of carbonyl (C=O) groups is 1. The molecule has 0 aromatic rings. The normalized spacial score (nSPS) is 11.2. The van der Waals surface area contributed by atoms with Crippen LogP contribution in [0.4, 0.5) is 0 Å². The van der Waals surface area contributed by atoms with E-state index in [-0.39, 0.29) is 6.54 Å². The van der Waals surface area contributed by atoms with Gasteiger partial charge in [0, 0.05) is 26.2 Å². The molecule has 174 valence electrons. The van der Waals surface area contributed by atoms with Gasteiger partial charge in [0.1, 0.15) is 0 Å². The zero-order valence-electron chi connectivity index (χ0n) is 19.4. The third-order valence-electron chi connectivity index (χ3n) is 5.44. The molecule has 0 aliphatic rings. The maximum atomic E-state index is 10.3. The van der Waals surface area contributed by atoms with Gasteiger partial charge in [-0.25, -0.2) is 0 Å². The van der Waals surface area contributed by atoms with Gasteiger partial charge in [-0.15, -0.1) is 0 Å². The van der Waals surface area contributed by atoms with Gasteiger partial charge in [0.15, 0.2) is 0 Å². The Morgan fingerprint density at radius 3 is 1.28 bits per heavy atom. The van der Waals surface area contributed by atoms with Gasteiger partial charge >= 0.3 is 5.97 Å². The van der Waals surface area contributed by atoms with Crippen molar-refractivity contribution in [2.75, 3.05) is 39.3 Å². The summed E-state index contributed by atoms with van der Waals surface area (Å²) in [5.74, 6) is -0.800. The van der Waals surface area contributed by atoms with Crippen molar-refractivity contribution in [3.8, 4) is 0 Å². The Morgan fingerprint density at radius 2 is 0.862 bits per heavy atom. The molecule has 0 fully saturated rings. The van der Waals surface area contributed by atoms with E-state index < -0.39 is 5.97 Å². The van der Waals surface area contributed by atoms with Gasteiger partial charge in [0.05, 0.1) is 6.54 Å². The summed E-state index contributed by atoms with van der Waals surface area (Å²) in [4.78, 5) is 10.3. The quantitative estimate of drug-likeness (QED) is 0.157. The highest BCUT2D eigenvalue weighted by Crippen LogP contribution is 2.13. The third-order valence-corrected chi connectivity index (χ3v) is 5.44. The maximum Gasteiger partial charge on any atom is 0.317 e. The number of hydrogen-bond acceptors (Lipinski definition) is 4. The van der Waals surface area contributed by atoms with Crippen LogP contribution in [0, 0.1) is 0 Å². The van der Waals surface area contributed by atoms with Crippen LogP contribution in [0.25, 0.3) is 0 Å². The molecule has 0 aromatic carbocycles. The number of aliphatic carboxylic acids is 1. The molecule has 5 heteroatoms. The first-order valence-electron chi connectivity index (χ1n) is 12.6. The molecule has 0 rings (SSSR count). The largest absolute Gasteiger partial charge is 0.480 e. The third kappa shape index (κ3) is 27.4. The second-order valence-corrected chi connectivity index (χ2v) is 8.37. The van der Waals surface area contributed by atoms with E-state index in [2.05, 4.69) is 22.9 Å². The fourth-order valence-electron chi connectivity index (χ4n) is 3.60. The van der Waals surface area contributed by atoms with Crippen molar-refractivity contribution < 1.29 is 9.90 Å². The van der Waals surface area contributed by atoms with Crippen molar-refractivity contribution in [2.45, 2.75) is 110 Å². The van der Waals surface area contributed by atoms with E-state index in [1.807, 2.05) is 0 Å². The van der Waals surface area contributed by atoms with Gasteiger partial charge in [-0.3, -0.25) is 4.79 Å². The molecule has 4 N–H and O–H groups in total. The number of carboxylic acid groups (broad SMARTS) is 1. The van der Waals surface area contributed by atoms with E-state index in [1.54, 1.807) is 0 Å². The molecule has 0 aliphatic carbocycles. The number of rotatable bonds is 25. The van der Waals surface area contributed by atoms with Gasteiger partial charge in [-0.1, -0.05) is 103 Å². The van der Waals surface area contributed by atoms with Crippen LogP contribution >= 0.6 is 0 Å². The summed E-state index contributed by atoms with van der Waals surface area (Å²) in [6.45, 7) is 6.87. The molecule has 0 heterocycles. The predicted octanol–water partition coefficient (Wildman–Crippen LogP) is 5.10. The summed E-state index contributed by atoms with van der Waals surface area (Å²) in [7, 11) is 0. The van der Waals surface area contributed by atoms with Crippen LogP contribution in [0.3, 0.4) is 0 Å². The summed E-state index contributed by atoms with van der Waals surface area (Å²) >= 11 is 0. The maximum absolute atomic E-state index is 10.3. The van der Waals surface area contributed by atoms with Crippen LogP contribution in [0.15, 0.2) is 0 Å². The minimum atomic E-state index is -0.800. The smallest absolute Gasteiger partial charge is 0.317 e. The number of carboxylic acids is 1. The lowest BCUT2D eigenvalue weighted by molar-refractivity contribution is -0.135. The first-order valence-corrected chi connectivity index (χ1v) is 12.6. The molecular weight excluding hydrogens is 362 g/mol. The minimum Gasteiger partial charge on any atom is -0.480 e. The van der Waals surface area contributed by atoms with Gasteiger partial charge in [-0.05, 0) is 13.0 Å². The summed E-state index contributed by atoms with van der Waals surface area (Å²) in [6.07, 6.45) is 22.6. The van der Waals surface area contributed by atoms with Crippen molar-refractivity contribution in [2.24, 2.45) is 0 Å². The Kier molecular flexibility index (Phi) is 24.8. The molecule has 5 nitrogen and oxygen atoms in total. The lowest BCUT2D eigenvalue weighted by Gasteiger charge is -2.07. The van der Waals surface area contributed by atoms with Crippen LogP contribution in [0.2, 0.25) is 0 Å². The molecule has 0 aromatic heterocycles. The number of hydrogen-bond donors (Lipinski definition) is 4. The average Bonchev–Trinajstić information content (AvgIpc) is 2.71. The first kappa shape index (κ1) is 28.4. The highest BCUT2D eigenvalue weighted by atomic mass is 16.4. The molecule has 0 saturated heterocycles. The van der Waals surface area contributed by atoms with Crippen molar-refractivity contribution >= 4 is 5.97 Å². The van der Waals surface area contributed by atoms with Crippen LogP contribution in [-0.4, -0.2) is 50.3 Å². The van der Waals surface area contributed by atoms with E-state index in [0.717, 1.165) is 26.2 Å². The summed E-state index contributed by atoms with van der Waals surface area (Å²) in [5.41, 5.74) is 0. The van der Waals surface area contributed by atoms with Crippen molar-refractivity contribution in [3.63, 3.8) is 0 Å². The number of unbranched alkanes of at least 4 members (excludes halogenated alkanes) is 15. The fraction of sp³-hybridized carbons (Fsp3) is 0.958. The Morgan fingerprint density at radius 1 is 0.517 bits per heavy atom.